The highest BCUT2D eigenvalue weighted by atomic mass is 31.2. The van der Waals surface area contributed by atoms with Gasteiger partial charge < -0.3 is 24.5 Å². The van der Waals surface area contributed by atoms with E-state index in [9.17, 15) is 0 Å². The molecule has 2 fully saturated rings. The maximum atomic E-state index is 8.88. The summed E-state index contributed by atoms with van der Waals surface area (Å²) >= 11 is 0. The monoisotopic (exact) mass is 730 g/mol. The Balaban J connectivity index is 0.000000826. The van der Waals surface area contributed by atoms with Crippen LogP contribution in [-0.2, 0) is 54.3 Å². The van der Waals surface area contributed by atoms with Gasteiger partial charge in [-0.1, -0.05) is 117 Å². The predicted molar refractivity (Wildman–Crippen MR) is 182 cm³/mol. The molecule has 2 saturated carbocycles. The zero-order valence-electron chi connectivity index (χ0n) is 30.6. The first-order valence-electron chi connectivity index (χ1n) is 18.5. The lowest BCUT2D eigenvalue weighted by molar-refractivity contribution is -0.708. The molecule has 2 aliphatic carbocycles. The first kappa shape index (κ1) is 47.9. The smallest absolute Gasteiger partial charge is 0.311 e. The molecular weight excluding hydrogens is 663 g/mol. The first-order chi connectivity index (χ1) is 23.7. The molecule has 0 bridgehead atoms. The van der Waals surface area contributed by atoms with E-state index in [0.29, 0.717) is 0 Å². The van der Waals surface area contributed by atoms with E-state index in [0.717, 1.165) is 62.9 Å². The van der Waals surface area contributed by atoms with E-state index >= 15 is 0 Å². The molecule has 0 heterocycles. The fourth-order valence-corrected chi connectivity index (χ4v) is 5.23. The zero-order valence-corrected chi connectivity index (χ0v) is 31.5. The molecule has 292 valence electrons. The molecule has 2 aliphatic rings. The Hall–Kier alpha value is -1.13. The van der Waals surface area contributed by atoms with E-state index in [1.807, 2.05) is 26.0 Å². The second kappa shape index (κ2) is 35.3. The van der Waals surface area contributed by atoms with Crippen LogP contribution in [0.2, 0.25) is 0 Å². The highest BCUT2D eigenvalue weighted by molar-refractivity contribution is 7.45. The lowest BCUT2D eigenvalue weighted by atomic mass is 9.98. The molecule has 0 atom stereocenters. The van der Waals surface area contributed by atoms with E-state index in [4.69, 9.17) is 38.8 Å². The van der Waals surface area contributed by atoms with Gasteiger partial charge in [0.05, 0.1) is 12.2 Å². The molecule has 0 amide bonds. The lowest BCUT2D eigenvalue weighted by Crippen LogP contribution is -2.17. The molecule has 0 aromatic carbocycles. The minimum Gasteiger partial charge on any atom is -0.311 e. The van der Waals surface area contributed by atoms with Crippen LogP contribution in [0.5, 0.6) is 0 Å². The van der Waals surface area contributed by atoms with Gasteiger partial charge in [0.25, 0.3) is 0 Å². The summed E-state index contributed by atoms with van der Waals surface area (Å²) in [6.45, 7) is 8.27. The summed E-state index contributed by atoms with van der Waals surface area (Å²) in [6, 6.07) is 0. The average molecular weight is 731 g/mol. The normalized spacial score (nSPS) is 16.4. The Labute approximate surface area is 294 Å². The molecule has 49 heavy (non-hydrogen) atoms. The van der Waals surface area contributed by atoms with Gasteiger partial charge >= 0.3 is 7.82 Å². The van der Waals surface area contributed by atoms with Gasteiger partial charge in [-0.2, -0.15) is 0 Å². The average Bonchev–Trinajstić information content (AvgIpc) is 3.09. The van der Waals surface area contributed by atoms with Crippen LogP contribution in [0.3, 0.4) is 0 Å². The molecule has 2 rings (SSSR count). The van der Waals surface area contributed by atoms with Crippen LogP contribution in [0.15, 0.2) is 23.7 Å². The van der Waals surface area contributed by atoms with Crippen LogP contribution in [0, 0.1) is 0 Å². The van der Waals surface area contributed by atoms with Crippen molar-refractivity contribution >= 4 is 7.82 Å². The summed E-state index contributed by atoms with van der Waals surface area (Å²) in [5, 5.41) is 27.1. The van der Waals surface area contributed by atoms with Gasteiger partial charge in [-0.05, 0) is 74.6 Å². The fourth-order valence-electron chi connectivity index (χ4n) is 5.23. The number of unbranched alkanes of at least 4 members (excludes halogenated alkanes) is 10. The van der Waals surface area contributed by atoms with Crippen LogP contribution >= 0.6 is 7.82 Å². The lowest BCUT2D eigenvalue weighted by Gasteiger charge is -2.18. The molecule has 0 aliphatic heterocycles. The van der Waals surface area contributed by atoms with Gasteiger partial charge in [-0.3, -0.25) is 0 Å². The second-order valence-electron chi connectivity index (χ2n) is 12.3. The minimum atomic E-state index is -4.64. The van der Waals surface area contributed by atoms with Crippen LogP contribution in [0.25, 0.3) is 0 Å². The van der Waals surface area contributed by atoms with Crippen LogP contribution in [-0.4, -0.2) is 26.9 Å². The molecule has 0 saturated heterocycles. The van der Waals surface area contributed by atoms with Crippen molar-refractivity contribution < 1.29 is 69.0 Å². The molecule has 0 aromatic rings. The van der Waals surface area contributed by atoms with Gasteiger partial charge in [-0.25, -0.2) is 14.3 Å². The van der Waals surface area contributed by atoms with Crippen LogP contribution < -0.4 is 0 Å². The third-order valence-corrected chi connectivity index (χ3v) is 8.05. The summed E-state index contributed by atoms with van der Waals surface area (Å²) in [5.41, 5.74) is 0. The summed E-state index contributed by atoms with van der Waals surface area (Å²) in [7, 11) is -4.64. The number of allylic oxidation sites excluding steroid dienone is 4. The number of hydrogen-bond acceptors (Lipinski definition) is 11. The van der Waals surface area contributed by atoms with Crippen molar-refractivity contribution in [1.29, 1.82) is 0 Å². The van der Waals surface area contributed by atoms with E-state index in [-0.39, 0.29) is 12.2 Å². The van der Waals surface area contributed by atoms with Crippen LogP contribution in [0.4, 0.5) is 0 Å². The largest absolute Gasteiger partial charge is 0.466 e. The van der Waals surface area contributed by atoms with Gasteiger partial charge in [0.1, 0.15) is 11.5 Å². The first-order valence-corrected chi connectivity index (χ1v) is 20.0. The van der Waals surface area contributed by atoms with Crippen molar-refractivity contribution in [2.45, 2.75) is 194 Å². The predicted octanol–water partition coefficient (Wildman–Crippen LogP) is 10.5. The van der Waals surface area contributed by atoms with Crippen molar-refractivity contribution in [3.05, 3.63) is 23.7 Å². The Bertz CT molecular complexity index is 746. The summed E-state index contributed by atoms with van der Waals surface area (Å²) in [6.07, 6.45) is 31.8. The topological polar surface area (TPSA) is 170 Å². The second-order valence-corrected chi connectivity index (χ2v) is 13.4. The van der Waals surface area contributed by atoms with Crippen molar-refractivity contribution in [1.82, 2.24) is 0 Å². The SMILES string of the molecule is CC=C(CCCCCCCC)OOOOOC1CCCCC1.CC=C(CCCCCCCC)OOOOOC1CCCCC1.O=P(O)(O)O. The molecule has 0 aromatic heterocycles. The van der Waals surface area contributed by atoms with Gasteiger partial charge in [0.15, 0.2) is 0 Å². The van der Waals surface area contributed by atoms with E-state index in [2.05, 4.69) is 44.1 Å². The molecule has 14 nitrogen and oxygen atoms in total. The Morgan fingerprint density at radius 2 is 0.857 bits per heavy atom. The van der Waals surface area contributed by atoms with Crippen molar-refractivity contribution in [2.24, 2.45) is 0 Å². The molecule has 15 heteroatoms. The van der Waals surface area contributed by atoms with E-state index < -0.39 is 7.82 Å². The van der Waals surface area contributed by atoms with Crippen molar-refractivity contribution in [2.75, 3.05) is 0 Å². The molecular formula is C34H67O14P. The number of phosphoric acid groups is 1. The zero-order chi connectivity index (χ0) is 36.3. The Morgan fingerprint density at radius 3 is 1.18 bits per heavy atom. The standard InChI is InChI=1S/2C17H32O5.H3O4P/c2*1-3-5-6-7-8-10-13-16(4-2)18-20-22-21-19-17-14-11-9-12-15-17;1-5(2,3)4/h2*4,17H,3,5-15H2,1-2H3;(H3,1,2,3,4). The molecule has 0 radical (unpaired) electrons. The minimum absolute atomic E-state index is 0.0988. The summed E-state index contributed by atoms with van der Waals surface area (Å²) in [4.78, 5) is 41.8. The third kappa shape index (κ3) is 36.5. The van der Waals surface area contributed by atoms with Gasteiger partial charge in [0.2, 0.25) is 0 Å². The highest BCUT2D eigenvalue weighted by Gasteiger charge is 2.16. The van der Waals surface area contributed by atoms with Gasteiger partial charge in [0, 0.05) is 33.0 Å². The van der Waals surface area contributed by atoms with Gasteiger partial charge in [-0.15, -0.1) is 0 Å². The summed E-state index contributed by atoms with van der Waals surface area (Å²) < 4.78 is 8.88. The third-order valence-electron chi connectivity index (χ3n) is 8.05. The number of hydrogen-bond donors (Lipinski definition) is 3. The highest BCUT2D eigenvalue weighted by Crippen LogP contribution is 2.26. The molecule has 3 N–H and O–H groups in total. The van der Waals surface area contributed by atoms with E-state index in [1.165, 1.54) is 103 Å². The molecule has 0 unspecified atom stereocenters. The van der Waals surface area contributed by atoms with Crippen molar-refractivity contribution in [3.63, 3.8) is 0 Å². The quantitative estimate of drug-likeness (QED) is 0.0252. The Kier molecular flexibility index (Phi) is 34.5. The fraction of sp³-hybridized carbons (Fsp3) is 0.882. The maximum Gasteiger partial charge on any atom is 0.466 e. The molecule has 0 spiro atoms. The summed E-state index contributed by atoms with van der Waals surface area (Å²) in [5.74, 6) is 1.49. The van der Waals surface area contributed by atoms with E-state index in [1.54, 1.807) is 0 Å². The number of rotatable bonds is 26. The van der Waals surface area contributed by atoms with Crippen LogP contribution in [0.1, 0.15) is 182 Å². The van der Waals surface area contributed by atoms with Crippen molar-refractivity contribution in [3.8, 4) is 0 Å². The Morgan fingerprint density at radius 1 is 0.531 bits per heavy atom. The maximum absolute atomic E-state index is 8.88.